The van der Waals surface area contributed by atoms with Gasteiger partial charge in [0, 0.05) is 38.3 Å². The highest BCUT2D eigenvalue weighted by molar-refractivity contribution is 6.11. The minimum Gasteiger partial charge on any atom is -0.456 e. The van der Waals surface area contributed by atoms with Crippen LogP contribution in [-0.2, 0) is 11.8 Å². The van der Waals surface area contributed by atoms with Gasteiger partial charge in [0.05, 0.1) is 5.69 Å². The van der Waals surface area contributed by atoms with Crippen LogP contribution in [0, 0.1) is 0 Å². The molecular formula is C47H35NO2. The van der Waals surface area contributed by atoms with E-state index in [4.69, 9.17) is 8.83 Å². The number of furan rings is 2. The molecule has 0 saturated heterocycles. The average Bonchev–Trinajstić information content (AvgIpc) is 3.75. The highest BCUT2D eigenvalue weighted by atomic mass is 16.3. The van der Waals surface area contributed by atoms with Gasteiger partial charge in [-0.05, 0) is 95.6 Å². The molecule has 6 aromatic carbocycles. The molecule has 2 heterocycles. The lowest BCUT2D eigenvalue weighted by Crippen LogP contribution is -2.25. The SMILES string of the molecule is CC1(c2ccc(N(c3ccc(C4=CCCC=C4)cc3)c3cccc4c3oc3ccccc34)cc2)C=Cc2c(ccc3oc4ccccc4c23)C1. The number of nitrogens with zero attached hydrogens (tertiary/aromatic N) is 1. The van der Waals surface area contributed by atoms with Crippen LogP contribution in [0.2, 0.25) is 0 Å². The van der Waals surface area contributed by atoms with Gasteiger partial charge in [0.2, 0.25) is 0 Å². The van der Waals surface area contributed by atoms with E-state index in [0.717, 1.165) is 69.4 Å². The van der Waals surface area contributed by atoms with Crippen molar-refractivity contribution >= 4 is 72.6 Å². The molecule has 0 amide bonds. The highest BCUT2D eigenvalue weighted by Crippen LogP contribution is 2.45. The van der Waals surface area contributed by atoms with Crippen LogP contribution in [0.5, 0.6) is 0 Å². The van der Waals surface area contributed by atoms with Gasteiger partial charge in [0.25, 0.3) is 0 Å². The lowest BCUT2D eigenvalue weighted by atomic mass is 9.72. The normalized spacial score (nSPS) is 17.1. The fourth-order valence-corrected chi connectivity index (χ4v) is 8.11. The Bertz CT molecular complexity index is 2680. The molecule has 8 aromatic rings. The molecular weight excluding hydrogens is 611 g/mol. The Labute approximate surface area is 291 Å². The second-order valence-corrected chi connectivity index (χ2v) is 13.9. The summed E-state index contributed by atoms with van der Waals surface area (Å²) in [5.74, 6) is 0. The molecule has 2 aliphatic carbocycles. The van der Waals surface area contributed by atoms with E-state index in [0.29, 0.717) is 0 Å². The topological polar surface area (TPSA) is 29.5 Å². The molecule has 2 aliphatic rings. The second kappa shape index (κ2) is 11.2. The highest BCUT2D eigenvalue weighted by Gasteiger charge is 2.30. The van der Waals surface area contributed by atoms with Crippen molar-refractivity contribution in [1.29, 1.82) is 0 Å². The van der Waals surface area contributed by atoms with Crippen LogP contribution in [0.3, 0.4) is 0 Å². The molecule has 0 bridgehead atoms. The van der Waals surface area contributed by atoms with Crippen LogP contribution in [0.25, 0.3) is 55.5 Å². The zero-order chi connectivity index (χ0) is 33.2. The van der Waals surface area contributed by atoms with Crippen LogP contribution >= 0.6 is 0 Å². The smallest absolute Gasteiger partial charge is 0.159 e. The third-order valence-corrected chi connectivity index (χ3v) is 10.7. The summed E-state index contributed by atoms with van der Waals surface area (Å²) in [6.45, 7) is 2.35. The molecule has 240 valence electrons. The molecule has 10 rings (SSSR count). The van der Waals surface area contributed by atoms with Gasteiger partial charge in [-0.3, -0.25) is 0 Å². The maximum Gasteiger partial charge on any atom is 0.159 e. The quantitative estimate of drug-likeness (QED) is 0.187. The van der Waals surface area contributed by atoms with E-state index in [1.54, 1.807) is 0 Å². The van der Waals surface area contributed by atoms with Crippen molar-refractivity contribution in [1.82, 2.24) is 0 Å². The Hall–Kier alpha value is -6.06. The number of para-hydroxylation sites is 3. The van der Waals surface area contributed by atoms with Crippen LogP contribution in [0.1, 0.15) is 42.0 Å². The third-order valence-electron chi connectivity index (χ3n) is 10.7. The van der Waals surface area contributed by atoms with Crippen molar-refractivity contribution in [3.8, 4) is 0 Å². The van der Waals surface area contributed by atoms with E-state index in [-0.39, 0.29) is 5.41 Å². The van der Waals surface area contributed by atoms with Gasteiger partial charge >= 0.3 is 0 Å². The fraction of sp³-hybridized carbons (Fsp3) is 0.106. The zero-order valence-electron chi connectivity index (χ0n) is 27.9. The molecule has 0 fully saturated rings. The number of hydrogen-bond acceptors (Lipinski definition) is 3. The summed E-state index contributed by atoms with van der Waals surface area (Å²) in [6.07, 6.45) is 14.6. The zero-order valence-corrected chi connectivity index (χ0v) is 27.9. The molecule has 3 heteroatoms. The van der Waals surface area contributed by atoms with Crippen molar-refractivity contribution in [2.75, 3.05) is 4.90 Å². The van der Waals surface area contributed by atoms with Gasteiger partial charge in [-0.15, -0.1) is 0 Å². The molecule has 50 heavy (non-hydrogen) atoms. The van der Waals surface area contributed by atoms with Gasteiger partial charge in [-0.25, -0.2) is 0 Å². The molecule has 0 spiro atoms. The largest absolute Gasteiger partial charge is 0.456 e. The molecule has 1 atom stereocenters. The number of fused-ring (bicyclic) bond motifs is 8. The van der Waals surface area contributed by atoms with Crippen molar-refractivity contribution in [3.05, 3.63) is 174 Å². The van der Waals surface area contributed by atoms with Crippen molar-refractivity contribution < 1.29 is 8.83 Å². The first-order chi connectivity index (χ1) is 24.6. The number of allylic oxidation sites excluding steroid dienone is 5. The number of benzene rings is 6. The first kappa shape index (κ1) is 28.9. The number of hydrogen-bond donors (Lipinski definition) is 0. The first-order valence-electron chi connectivity index (χ1n) is 17.5. The molecule has 1 unspecified atom stereocenters. The van der Waals surface area contributed by atoms with Crippen LogP contribution in [-0.4, -0.2) is 0 Å². The van der Waals surface area contributed by atoms with E-state index < -0.39 is 0 Å². The van der Waals surface area contributed by atoms with Gasteiger partial charge in [0.1, 0.15) is 16.7 Å². The molecule has 3 nitrogen and oxygen atoms in total. The summed E-state index contributed by atoms with van der Waals surface area (Å²) in [4.78, 5) is 2.33. The van der Waals surface area contributed by atoms with Gasteiger partial charge in [-0.2, -0.15) is 0 Å². The van der Waals surface area contributed by atoms with Gasteiger partial charge in [0.15, 0.2) is 5.58 Å². The van der Waals surface area contributed by atoms with Crippen LogP contribution in [0.15, 0.2) is 161 Å². The van der Waals surface area contributed by atoms with Crippen molar-refractivity contribution in [3.63, 3.8) is 0 Å². The maximum atomic E-state index is 6.57. The third kappa shape index (κ3) is 4.58. The van der Waals surface area contributed by atoms with E-state index in [1.165, 1.54) is 38.6 Å². The average molecular weight is 646 g/mol. The van der Waals surface area contributed by atoms with Crippen molar-refractivity contribution in [2.24, 2.45) is 0 Å². The Kier molecular flexibility index (Phi) is 6.50. The minimum atomic E-state index is -0.148. The molecule has 0 saturated carbocycles. The molecule has 0 radical (unpaired) electrons. The van der Waals surface area contributed by atoms with Gasteiger partial charge in [-0.1, -0.05) is 116 Å². The van der Waals surface area contributed by atoms with E-state index in [2.05, 4.69) is 157 Å². The maximum absolute atomic E-state index is 6.57. The summed E-state index contributed by atoms with van der Waals surface area (Å²) in [6, 6.07) is 45.6. The summed E-state index contributed by atoms with van der Waals surface area (Å²) in [7, 11) is 0. The number of anilines is 3. The lowest BCUT2D eigenvalue weighted by molar-refractivity contribution is 0.587. The summed E-state index contributed by atoms with van der Waals surface area (Å²) >= 11 is 0. The predicted molar refractivity (Wildman–Crippen MR) is 209 cm³/mol. The molecule has 0 N–H and O–H groups in total. The molecule has 2 aromatic heterocycles. The Balaban J connectivity index is 1.06. The van der Waals surface area contributed by atoms with Crippen LogP contribution < -0.4 is 4.90 Å². The van der Waals surface area contributed by atoms with Gasteiger partial charge < -0.3 is 13.7 Å². The minimum absolute atomic E-state index is 0.148. The van der Waals surface area contributed by atoms with E-state index in [9.17, 15) is 0 Å². The number of rotatable bonds is 5. The Morgan fingerprint density at radius 3 is 2.10 bits per heavy atom. The monoisotopic (exact) mass is 645 g/mol. The standard InChI is InChI=1S/C47H35NO2/c1-47(29-28-37-33(30-47)20-27-44-45(37)40-13-6-8-17-43(40)49-44)34-21-25-36(26-22-34)48(35-23-18-32(19-24-35)31-10-3-2-4-11-31)41-15-9-14-39-38-12-5-7-16-42(38)50-46(39)41/h3,5-29H,2,4,30H2,1H3. The second-order valence-electron chi connectivity index (χ2n) is 13.9. The predicted octanol–water partition coefficient (Wildman–Crippen LogP) is 13.2. The van der Waals surface area contributed by atoms with E-state index >= 15 is 0 Å². The molecule has 0 aliphatic heterocycles. The Morgan fingerprint density at radius 2 is 1.32 bits per heavy atom. The summed E-state index contributed by atoms with van der Waals surface area (Å²) < 4.78 is 12.8. The summed E-state index contributed by atoms with van der Waals surface area (Å²) in [5.41, 5.74) is 13.1. The Morgan fingerprint density at radius 1 is 0.600 bits per heavy atom. The lowest BCUT2D eigenvalue weighted by Gasteiger charge is -2.32. The summed E-state index contributed by atoms with van der Waals surface area (Å²) in [5, 5.41) is 4.64. The fourth-order valence-electron chi connectivity index (χ4n) is 8.11. The van der Waals surface area contributed by atoms with Crippen LogP contribution in [0.4, 0.5) is 17.1 Å². The first-order valence-corrected chi connectivity index (χ1v) is 17.5. The van der Waals surface area contributed by atoms with Crippen molar-refractivity contribution in [2.45, 2.75) is 31.6 Å². The van der Waals surface area contributed by atoms with E-state index in [1.807, 2.05) is 12.1 Å².